The van der Waals surface area contributed by atoms with Crippen LogP contribution in [-0.2, 0) is 4.57 Å². The van der Waals surface area contributed by atoms with Gasteiger partial charge in [0.15, 0.2) is 0 Å². The van der Waals surface area contributed by atoms with Gasteiger partial charge in [-0.15, -0.1) is 0 Å². The fourth-order valence-corrected chi connectivity index (χ4v) is 3.50. The van der Waals surface area contributed by atoms with E-state index in [1.807, 2.05) is 0 Å². The van der Waals surface area contributed by atoms with Gasteiger partial charge in [-0.1, -0.05) is 103 Å². The Kier molecular flexibility index (Phi) is 21.9. The summed E-state index contributed by atoms with van der Waals surface area (Å²) in [4.78, 5) is 17.5. The van der Waals surface area contributed by atoms with Crippen molar-refractivity contribution in [2.24, 2.45) is 0 Å². The fraction of sp³-hybridized carbons (Fsp3) is 1.00. The molecule has 0 heterocycles. The summed E-state index contributed by atoms with van der Waals surface area (Å²) in [6.07, 6.45) is 20.6. The molecule has 0 bridgehead atoms. The molecule has 3 nitrogen and oxygen atoms in total. The first-order chi connectivity index (χ1) is 10.6. The molecule has 142 valence electrons. The Morgan fingerprint density at radius 3 is 1.09 bits per heavy atom. The summed E-state index contributed by atoms with van der Waals surface area (Å²) in [6.45, 7) is 2.27. The predicted octanol–water partition coefficient (Wildman–Crippen LogP) is 5.51. The summed E-state index contributed by atoms with van der Waals surface area (Å²) < 4.78 is 10.7. The van der Waals surface area contributed by atoms with Crippen molar-refractivity contribution in [3.8, 4) is 0 Å². The Hall–Kier alpha value is 0.940. The van der Waals surface area contributed by atoms with Crippen LogP contribution in [0.25, 0.3) is 0 Å². The minimum absolute atomic E-state index is 0. The molecule has 0 aromatic heterocycles. The Morgan fingerprint density at radius 1 is 0.565 bits per heavy atom. The molecule has 5 heteroatoms. The van der Waals surface area contributed by atoms with Crippen LogP contribution in [0.1, 0.15) is 110 Å². The van der Waals surface area contributed by atoms with E-state index in [-0.39, 0.29) is 29.8 Å². The third-order valence-corrected chi connectivity index (χ3v) is 5.20. The van der Waals surface area contributed by atoms with Crippen LogP contribution >= 0.6 is 7.60 Å². The Labute approximate surface area is 161 Å². The van der Waals surface area contributed by atoms with E-state index < -0.39 is 7.60 Å². The predicted molar refractivity (Wildman–Crippen MR) is 105 cm³/mol. The fourth-order valence-electron chi connectivity index (χ4n) is 2.87. The van der Waals surface area contributed by atoms with Crippen LogP contribution in [0.4, 0.5) is 0 Å². The van der Waals surface area contributed by atoms with Gasteiger partial charge in [-0.25, -0.2) is 0 Å². The Bertz CT molecular complexity index is 269. The number of hydrogen-bond donors (Lipinski definition) is 2. The van der Waals surface area contributed by atoms with Crippen molar-refractivity contribution in [1.82, 2.24) is 0 Å². The summed E-state index contributed by atoms with van der Waals surface area (Å²) in [5.41, 5.74) is 0. The van der Waals surface area contributed by atoms with Gasteiger partial charge in [0.25, 0.3) is 0 Å². The topological polar surface area (TPSA) is 57.5 Å². The van der Waals surface area contributed by atoms with Gasteiger partial charge >= 0.3 is 31.3 Å². The van der Waals surface area contributed by atoms with Crippen LogP contribution < -0.4 is 0 Å². The number of unbranched alkanes of at least 4 members (excludes halogenated alkanes) is 15. The van der Waals surface area contributed by atoms with Crippen LogP contribution in [0.3, 0.4) is 0 Å². The monoisotopic (exact) mass is 466 g/mol. The van der Waals surface area contributed by atoms with E-state index in [4.69, 9.17) is 9.79 Å². The molecule has 0 aliphatic carbocycles. The maximum atomic E-state index is 10.7. The van der Waals surface area contributed by atoms with Crippen LogP contribution in [0, 0.1) is 0 Å². The average Bonchev–Trinajstić information content (AvgIpc) is 2.45. The third kappa shape index (κ3) is 25.3. The van der Waals surface area contributed by atoms with E-state index >= 15 is 0 Å². The number of rotatable bonds is 17. The first-order valence-corrected chi connectivity index (χ1v) is 11.4. The van der Waals surface area contributed by atoms with E-state index in [1.165, 1.54) is 83.5 Å². The van der Waals surface area contributed by atoms with E-state index in [0.717, 1.165) is 12.8 Å². The van der Waals surface area contributed by atoms with Crippen LogP contribution in [-0.4, -0.2) is 39.6 Å². The van der Waals surface area contributed by atoms with Crippen molar-refractivity contribution in [1.29, 1.82) is 0 Å². The van der Waals surface area contributed by atoms with E-state index in [1.54, 1.807) is 0 Å². The van der Waals surface area contributed by atoms with Crippen molar-refractivity contribution in [3.63, 3.8) is 0 Å². The average molecular weight is 464 g/mol. The van der Waals surface area contributed by atoms with E-state index in [9.17, 15) is 4.57 Å². The second-order valence-electron chi connectivity index (χ2n) is 6.69. The summed E-state index contributed by atoms with van der Waals surface area (Å²) >= 11 is 0. The van der Waals surface area contributed by atoms with Crippen molar-refractivity contribution in [2.45, 2.75) is 110 Å². The third-order valence-electron chi connectivity index (χ3n) is 4.30. The summed E-state index contributed by atoms with van der Waals surface area (Å²) in [6, 6.07) is 0. The van der Waals surface area contributed by atoms with Gasteiger partial charge in [0, 0.05) is 6.16 Å². The molecule has 0 radical (unpaired) electrons. The molecule has 0 saturated heterocycles. The van der Waals surface area contributed by atoms with Crippen molar-refractivity contribution >= 4 is 31.3 Å². The molecule has 0 amide bonds. The van der Waals surface area contributed by atoms with Crippen molar-refractivity contribution in [3.05, 3.63) is 0 Å². The SMILES string of the molecule is CCCCCCCCCCCCCCCCCCP(=O)(O)O.[TeH2]. The molecule has 0 rings (SSSR count). The second kappa shape index (κ2) is 19.3. The van der Waals surface area contributed by atoms with Gasteiger partial charge in [-0.2, -0.15) is 0 Å². The molecule has 23 heavy (non-hydrogen) atoms. The molecular weight excluding hydrogens is 423 g/mol. The Morgan fingerprint density at radius 2 is 0.826 bits per heavy atom. The van der Waals surface area contributed by atoms with Gasteiger partial charge < -0.3 is 9.79 Å². The van der Waals surface area contributed by atoms with Gasteiger partial charge in [0.2, 0.25) is 0 Å². The van der Waals surface area contributed by atoms with Crippen molar-refractivity contribution < 1.29 is 14.4 Å². The van der Waals surface area contributed by atoms with Crippen LogP contribution in [0.5, 0.6) is 0 Å². The van der Waals surface area contributed by atoms with Crippen molar-refractivity contribution in [2.75, 3.05) is 6.16 Å². The Balaban J connectivity index is 0. The molecule has 0 aliphatic heterocycles. The first kappa shape index (κ1) is 26.2. The van der Waals surface area contributed by atoms with Gasteiger partial charge in [0.05, 0.1) is 0 Å². The van der Waals surface area contributed by atoms with E-state index in [0.29, 0.717) is 6.42 Å². The summed E-state index contributed by atoms with van der Waals surface area (Å²) in [5.74, 6) is 0. The van der Waals surface area contributed by atoms with Crippen LogP contribution in [0.15, 0.2) is 0 Å². The van der Waals surface area contributed by atoms with Gasteiger partial charge in [0.1, 0.15) is 0 Å². The zero-order valence-electron chi connectivity index (χ0n) is 15.3. The van der Waals surface area contributed by atoms with Gasteiger partial charge in [-0.3, -0.25) is 4.57 Å². The minimum atomic E-state index is -3.75. The normalized spacial score (nSPS) is 11.4. The maximum absolute atomic E-state index is 10.7. The standard InChI is InChI=1S/C18H39O3P.H2Te/c1-2-3-4-5-6-7-8-9-10-11-12-13-14-15-16-17-18-22(19,20)21;/h2-18H2,1H3,(H2,19,20,21);1H2. The zero-order valence-corrected chi connectivity index (χ0v) is 19.0. The summed E-state index contributed by atoms with van der Waals surface area (Å²) in [5, 5.41) is 0. The zero-order chi connectivity index (χ0) is 16.5. The molecule has 0 aromatic carbocycles. The first-order valence-electron chi connectivity index (χ1n) is 9.61. The molecule has 0 atom stereocenters. The molecule has 0 unspecified atom stereocenters. The molecular formula is C18H41O3PTe. The number of hydrogen-bond acceptors (Lipinski definition) is 1. The molecule has 0 saturated carbocycles. The molecule has 0 aromatic rings. The van der Waals surface area contributed by atoms with E-state index in [2.05, 4.69) is 6.92 Å². The molecule has 0 spiro atoms. The van der Waals surface area contributed by atoms with Crippen LogP contribution in [0.2, 0.25) is 0 Å². The molecule has 0 fully saturated rings. The second-order valence-corrected chi connectivity index (χ2v) is 8.47. The quantitative estimate of drug-likeness (QED) is 0.170. The van der Waals surface area contributed by atoms with Gasteiger partial charge in [-0.05, 0) is 6.42 Å². The molecule has 2 N–H and O–H groups in total. The molecule has 0 aliphatic rings. The summed E-state index contributed by atoms with van der Waals surface area (Å²) in [7, 11) is -3.75.